The van der Waals surface area contributed by atoms with Crippen molar-refractivity contribution in [3.8, 4) is 0 Å². The highest BCUT2D eigenvalue weighted by Crippen LogP contribution is 2.27. The Morgan fingerprint density at radius 3 is 2.75 bits per heavy atom. The van der Waals surface area contributed by atoms with Gasteiger partial charge >= 0.3 is 5.97 Å². The average molecular weight is 290 g/mol. The minimum atomic E-state index is -1.03. The summed E-state index contributed by atoms with van der Waals surface area (Å²) in [6.45, 7) is 3.65. The number of carbonyl (C=O) groups excluding carboxylic acids is 1. The maximum absolute atomic E-state index is 12.0. The second kappa shape index (κ2) is 5.83. The lowest BCUT2D eigenvalue weighted by Gasteiger charge is -2.07. The number of carbonyl (C=O) groups is 2. The van der Waals surface area contributed by atoms with Crippen molar-refractivity contribution in [2.75, 3.05) is 5.32 Å². The standard InChI is InChI=1S/C14H14N2O3S/c1-8-4-3-5-15-10(8)6-11(17)16-12-9(2)7-20-13(12)14(18)19/h3-5,7H,6H2,1-2H3,(H,16,17)(H,18,19). The molecule has 2 aromatic heterocycles. The van der Waals surface area contributed by atoms with E-state index in [0.717, 1.165) is 22.5 Å². The van der Waals surface area contributed by atoms with Crippen molar-refractivity contribution >= 4 is 28.9 Å². The fourth-order valence-electron chi connectivity index (χ4n) is 1.80. The van der Waals surface area contributed by atoms with Gasteiger partial charge in [-0.3, -0.25) is 9.78 Å². The third-order valence-electron chi connectivity index (χ3n) is 2.88. The number of carboxylic acids is 1. The normalized spacial score (nSPS) is 10.3. The highest BCUT2D eigenvalue weighted by molar-refractivity contribution is 7.12. The zero-order valence-corrected chi connectivity index (χ0v) is 12.0. The van der Waals surface area contributed by atoms with Gasteiger partial charge in [-0.25, -0.2) is 4.79 Å². The number of hydrogen-bond acceptors (Lipinski definition) is 4. The zero-order valence-electron chi connectivity index (χ0n) is 11.1. The molecule has 0 aliphatic heterocycles. The summed E-state index contributed by atoms with van der Waals surface area (Å²) >= 11 is 1.11. The summed E-state index contributed by atoms with van der Waals surface area (Å²) in [7, 11) is 0. The molecule has 6 heteroatoms. The number of rotatable bonds is 4. The monoisotopic (exact) mass is 290 g/mol. The molecule has 0 atom stereocenters. The molecule has 0 bridgehead atoms. The first-order valence-electron chi connectivity index (χ1n) is 6.00. The van der Waals surface area contributed by atoms with Crippen LogP contribution in [0, 0.1) is 13.8 Å². The van der Waals surface area contributed by atoms with Crippen LogP contribution in [-0.4, -0.2) is 22.0 Å². The molecule has 0 aliphatic carbocycles. The number of carboxylic acid groups (broad SMARTS) is 1. The van der Waals surface area contributed by atoms with Crippen molar-refractivity contribution in [2.24, 2.45) is 0 Å². The summed E-state index contributed by atoms with van der Waals surface area (Å²) in [6.07, 6.45) is 1.76. The number of thiophene rings is 1. The molecular formula is C14H14N2O3S. The van der Waals surface area contributed by atoms with E-state index in [9.17, 15) is 9.59 Å². The molecule has 0 aliphatic rings. The molecule has 1 amide bonds. The Morgan fingerprint density at radius 1 is 1.35 bits per heavy atom. The van der Waals surface area contributed by atoms with Gasteiger partial charge in [0.05, 0.1) is 17.8 Å². The fraction of sp³-hybridized carbons (Fsp3) is 0.214. The predicted molar refractivity (Wildman–Crippen MR) is 77.3 cm³/mol. The zero-order chi connectivity index (χ0) is 14.7. The molecule has 0 saturated carbocycles. The maximum atomic E-state index is 12.0. The Hall–Kier alpha value is -2.21. The second-order valence-corrected chi connectivity index (χ2v) is 5.30. The average Bonchev–Trinajstić information content (AvgIpc) is 2.74. The van der Waals surface area contributed by atoms with Crippen molar-refractivity contribution in [2.45, 2.75) is 20.3 Å². The van der Waals surface area contributed by atoms with Crippen LogP contribution in [0.2, 0.25) is 0 Å². The van der Waals surface area contributed by atoms with Gasteiger partial charge in [0.15, 0.2) is 0 Å². The van der Waals surface area contributed by atoms with Crippen LogP contribution in [-0.2, 0) is 11.2 Å². The Morgan fingerprint density at radius 2 is 2.10 bits per heavy atom. The maximum Gasteiger partial charge on any atom is 0.348 e. The van der Waals surface area contributed by atoms with Crippen molar-refractivity contribution in [3.63, 3.8) is 0 Å². The molecule has 20 heavy (non-hydrogen) atoms. The molecule has 0 radical (unpaired) electrons. The van der Waals surface area contributed by atoms with Gasteiger partial charge in [-0.1, -0.05) is 6.07 Å². The van der Waals surface area contributed by atoms with Crippen LogP contribution in [0.25, 0.3) is 0 Å². The molecule has 2 N–H and O–H groups in total. The van der Waals surface area contributed by atoms with Gasteiger partial charge in [-0.2, -0.15) is 0 Å². The van der Waals surface area contributed by atoms with E-state index in [0.29, 0.717) is 11.4 Å². The molecule has 0 saturated heterocycles. The minimum Gasteiger partial charge on any atom is -0.477 e. The number of amides is 1. The number of hydrogen-bond donors (Lipinski definition) is 2. The molecule has 104 valence electrons. The number of anilines is 1. The van der Waals surface area contributed by atoms with Crippen LogP contribution < -0.4 is 5.32 Å². The number of nitrogens with one attached hydrogen (secondary N) is 1. The summed E-state index contributed by atoms with van der Waals surface area (Å²) in [6, 6.07) is 3.69. The Balaban J connectivity index is 2.15. The molecule has 2 heterocycles. The fourth-order valence-corrected chi connectivity index (χ4v) is 2.64. The van der Waals surface area contributed by atoms with E-state index in [4.69, 9.17) is 5.11 Å². The number of aryl methyl sites for hydroxylation is 2. The smallest absolute Gasteiger partial charge is 0.348 e. The van der Waals surface area contributed by atoms with E-state index in [1.165, 1.54) is 0 Å². The van der Waals surface area contributed by atoms with E-state index in [2.05, 4.69) is 10.3 Å². The first kappa shape index (κ1) is 14.2. The molecule has 0 aromatic carbocycles. The quantitative estimate of drug-likeness (QED) is 0.907. The van der Waals surface area contributed by atoms with Crippen LogP contribution >= 0.6 is 11.3 Å². The lowest BCUT2D eigenvalue weighted by Crippen LogP contribution is -2.17. The lowest BCUT2D eigenvalue weighted by molar-refractivity contribution is -0.115. The van der Waals surface area contributed by atoms with Crippen molar-refractivity contribution in [1.29, 1.82) is 0 Å². The first-order valence-corrected chi connectivity index (χ1v) is 6.88. The number of aromatic carboxylic acids is 1. The summed E-state index contributed by atoms with van der Waals surface area (Å²) in [5.41, 5.74) is 2.75. The van der Waals surface area contributed by atoms with E-state index in [-0.39, 0.29) is 17.2 Å². The molecule has 0 spiro atoms. The molecule has 2 rings (SSSR count). The van der Waals surface area contributed by atoms with Crippen LogP contribution in [0.3, 0.4) is 0 Å². The first-order chi connectivity index (χ1) is 9.49. The van der Waals surface area contributed by atoms with Gasteiger partial charge in [0.2, 0.25) is 5.91 Å². The van der Waals surface area contributed by atoms with E-state index in [1.54, 1.807) is 18.5 Å². The Labute approximate surface area is 120 Å². The largest absolute Gasteiger partial charge is 0.477 e. The van der Waals surface area contributed by atoms with Crippen LogP contribution in [0.15, 0.2) is 23.7 Å². The topological polar surface area (TPSA) is 79.3 Å². The predicted octanol–water partition coefficient (Wildman–Crippen LogP) is 2.64. The second-order valence-electron chi connectivity index (χ2n) is 4.42. The highest BCUT2D eigenvalue weighted by Gasteiger charge is 2.17. The molecule has 5 nitrogen and oxygen atoms in total. The number of nitrogens with zero attached hydrogens (tertiary/aromatic N) is 1. The number of aromatic nitrogens is 1. The van der Waals surface area contributed by atoms with Gasteiger partial charge in [0.1, 0.15) is 4.88 Å². The van der Waals surface area contributed by atoms with Gasteiger partial charge in [-0.15, -0.1) is 11.3 Å². The molecule has 0 unspecified atom stereocenters. The summed E-state index contributed by atoms with van der Waals surface area (Å²) in [5.74, 6) is -1.30. The van der Waals surface area contributed by atoms with Gasteiger partial charge < -0.3 is 10.4 Å². The van der Waals surface area contributed by atoms with E-state index >= 15 is 0 Å². The summed E-state index contributed by atoms with van der Waals surface area (Å²) in [4.78, 5) is 27.4. The van der Waals surface area contributed by atoms with Crippen LogP contribution in [0.5, 0.6) is 0 Å². The molecule has 2 aromatic rings. The van der Waals surface area contributed by atoms with Crippen molar-refractivity contribution < 1.29 is 14.7 Å². The third-order valence-corrected chi connectivity index (χ3v) is 3.97. The third kappa shape index (κ3) is 3.03. The summed E-state index contributed by atoms with van der Waals surface area (Å²) < 4.78 is 0. The van der Waals surface area contributed by atoms with Crippen LogP contribution in [0.1, 0.15) is 26.5 Å². The van der Waals surface area contributed by atoms with Crippen molar-refractivity contribution in [3.05, 3.63) is 45.4 Å². The Bertz CT molecular complexity index is 664. The highest BCUT2D eigenvalue weighted by atomic mass is 32.1. The lowest BCUT2D eigenvalue weighted by atomic mass is 10.1. The van der Waals surface area contributed by atoms with Crippen LogP contribution in [0.4, 0.5) is 5.69 Å². The van der Waals surface area contributed by atoms with Gasteiger partial charge in [-0.05, 0) is 36.4 Å². The Kier molecular flexibility index (Phi) is 4.14. The van der Waals surface area contributed by atoms with Crippen molar-refractivity contribution in [1.82, 2.24) is 4.98 Å². The number of pyridine rings is 1. The minimum absolute atomic E-state index is 0.126. The SMILES string of the molecule is Cc1cccnc1CC(=O)Nc1c(C)csc1C(=O)O. The molecule has 0 fully saturated rings. The van der Waals surface area contributed by atoms with E-state index < -0.39 is 5.97 Å². The summed E-state index contributed by atoms with van der Waals surface area (Å²) in [5, 5.41) is 13.5. The van der Waals surface area contributed by atoms with Gasteiger partial charge in [0, 0.05) is 6.20 Å². The van der Waals surface area contributed by atoms with E-state index in [1.807, 2.05) is 19.1 Å². The van der Waals surface area contributed by atoms with Gasteiger partial charge in [0.25, 0.3) is 0 Å². The molecular weight excluding hydrogens is 276 g/mol.